The first-order valence-electron chi connectivity index (χ1n) is 6.93. The highest BCUT2D eigenvalue weighted by Gasteiger charge is 2.20. The minimum Gasteiger partial charge on any atom is -0.497 e. The summed E-state index contributed by atoms with van der Waals surface area (Å²) in [4.78, 5) is 13.3. The number of primary amides is 1. The van der Waals surface area contributed by atoms with Gasteiger partial charge in [0.05, 0.1) is 7.11 Å². The van der Waals surface area contributed by atoms with Crippen molar-refractivity contribution < 1.29 is 14.3 Å². The van der Waals surface area contributed by atoms with Crippen molar-refractivity contribution in [2.75, 3.05) is 20.2 Å². The van der Waals surface area contributed by atoms with Gasteiger partial charge < -0.3 is 20.1 Å². The Morgan fingerprint density at radius 1 is 1.38 bits per heavy atom. The van der Waals surface area contributed by atoms with Gasteiger partial charge in [-0.1, -0.05) is 0 Å². The summed E-state index contributed by atoms with van der Waals surface area (Å²) in [5.41, 5.74) is 6.87. The Hall–Kier alpha value is -2.43. The molecule has 0 saturated carbocycles. The van der Waals surface area contributed by atoms with Crippen molar-refractivity contribution in [3.63, 3.8) is 0 Å². The molecule has 0 bridgehead atoms. The number of fused-ring (bicyclic) bond motifs is 1. The SMILES string of the molecule is CCN(CC)C1=C/C(=C\C(N)=O)c2ccc(OC)cc2O1. The van der Waals surface area contributed by atoms with E-state index in [9.17, 15) is 4.79 Å². The van der Waals surface area contributed by atoms with E-state index in [1.807, 2.05) is 32.1 Å². The van der Waals surface area contributed by atoms with Crippen molar-refractivity contribution in [2.45, 2.75) is 13.8 Å². The highest BCUT2D eigenvalue weighted by Crippen LogP contribution is 2.37. The normalized spacial score (nSPS) is 15.0. The topological polar surface area (TPSA) is 64.8 Å². The Morgan fingerprint density at radius 3 is 2.67 bits per heavy atom. The Morgan fingerprint density at radius 2 is 2.10 bits per heavy atom. The van der Waals surface area contributed by atoms with Crippen LogP contribution >= 0.6 is 0 Å². The molecule has 1 heterocycles. The van der Waals surface area contributed by atoms with E-state index in [4.69, 9.17) is 15.2 Å². The number of methoxy groups -OCH3 is 1. The van der Waals surface area contributed by atoms with Crippen molar-refractivity contribution in [3.05, 3.63) is 41.8 Å². The Kier molecular flexibility index (Phi) is 4.52. The molecule has 5 heteroatoms. The monoisotopic (exact) mass is 288 g/mol. The van der Waals surface area contributed by atoms with E-state index in [2.05, 4.69) is 4.90 Å². The van der Waals surface area contributed by atoms with Gasteiger partial charge in [0.1, 0.15) is 11.5 Å². The third-order valence-corrected chi connectivity index (χ3v) is 3.37. The van der Waals surface area contributed by atoms with Crippen molar-refractivity contribution in [1.29, 1.82) is 0 Å². The lowest BCUT2D eigenvalue weighted by molar-refractivity contribution is -0.113. The summed E-state index contributed by atoms with van der Waals surface area (Å²) >= 11 is 0. The minimum atomic E-state index is -0.483. The molecule has 1 amide bonds. The van der Waals surface area contributed by atoms with E-state index in [0.29, 0.717) is 17.4 Å². The number of nitrogens with zero attached hydrogens (tertiary/aromatic N) is 1. The van der Waals surface area contributed by atoms with Gasteiger partial charge in [-0.05, 0) is 31.6 Å². The van der Waals surface area contributed by atoms with Crippen molar-refractivity contribution >= 4 is 11.5 Å². The molecule has 1 aromatic rings. The maximum Gasteiger partial charge on any atom is 0.242 e. The largest absolute Gasteiger partial charge is 0.497 e. The highest BCUT2D eigenvalue weighted by molar-refractivity contribution is 5.98. The van der Waals surface area contributed by atoms with E-state index < -0.39 is 5.91 Å². The van der Waals surface area contributed by atoms with Gasteiger partial charge in [0.25, 0.3) is 0 Å². The zero-order chi connectivity index (χ0) is 15.4. The standard InChI is InChI=1S/C16H20N2O3/c1-4-18(5-2)16-9-11(8-15(17)19)13-7-6-12(20-3)10-14(13)21-16/h6-10H,4-5H2,1-3H3,(H2,17,19)/b11-8+. The molecule has 2 rings (SSSR count). The number of nitrogens with two attached hydrogens (primary N) is 1. The third-order valence-electron chi connectivity index (χ3n) is 3.37. The zero-order valence-electron chi connectivity index (χ0n) is 12.6. The van der Waals surface area contributed by atoms with Crippen molar-refractivity contribution in [3.8, 4) is 11.5 Å². The number of hydrogen-bond acceptors (Lipinski definition) is 4. The molecule has 2 N–H and O–H groups in total. The number of hydrogen-bond donors (Lipinski definition) is 1. The molecular weight excluding hydrogens is 268 g/mol. The third kappa shape index (κ3) is 3.18. The fraction of sp³-hybridized carbons (Fsp3) is 0.312. The van der Waals surface area contributed by atoms with E-state index in [1.165, 1.54) is 6.08 Å². The Balaban J connectivity index is 2.50. The average Bonchev–Trinajstić information content (AvgIpc) is 2.47. The minimum absolute atomic E-state index is 0.483. The van der Waals surface area contributed by atoms with Crippen LogP contribution in [0.15, 0.2) is 36.2 Å². The first-order valence-corrected chi connectivity index (χ1v) is 6.93. The molecule has 1 aliphatic rings. The molecule has 21 heavy (non-hydrogen) atoms. The van der Waals surface area contributed by atoms with Gasteiger partial charge in [-0.25, -0.2) is 0 Å². The quantitative estimate of drug-likeness (QED) is 0.843. The number of amides is 1. The number of carbonyl (C=O) groups is 1. The van der Waals surface area contributed by atoms with Crippen molar-refractivity contribution in [2.24, 2.45) is 5.73 Å². The molecule has 0 atom stereocenters. The molecule has 1 aromatic carbocycles. The fourth-order valence-corrected chi connectivity index (χ4v) is 2.27. The first kappa shape index (κ1) is 15.0. The summed E-state index contributed by atoms with van der Waals surface area (Å²) in [7, 11) is 1.60. The van der Waals surface area contributed by atoms with Gasteiger partial charge in [0, 0.05) is 36.9 Å². The summed E-state index contributed by atoms with van der Waals surface area (Å²) in [5, 5.41) is 0. The summed E-state index contributed by atoms with van der Waals surface area (Å²) in [6.07, 6.45) is 3.25. The van der Waals surface area contributed by atoms with Crippen LogP contribution in [0.4, 0.5) is 0 Å². The summed E-state index contributed by atoms with van der Waals surface area (Å²) in [6, 6.07) is 5.49. The van der Waals surface area contributed by atoms with Crippen LogP contribution in [0.25, 0.3) is 5.57 Å². The molecule has 0 fully saturated rings. The molecule has 1 aliphatic heterocycles. The molecular formula is C16H20N2O3. The summed E-state index contributed by atoms with van der Waals surface area (Å²) < 4.78 is 11.2. The smallest absolute Gasteiger partial charge is 0.242 e. The van der Waals surface area contributed by atoms with Gasteiger partial charge in [0.15, 0.2) is 5.88 Å². The average molecular weight is 288 g/mol. The van der Waals surface area contributed by atoms with E-state index in [1.54, 1.807) is 13.2 Å². The van der Waals surface area contributed by atoms with Crippen LogP contribution in [0.3, 0.4) is 0 Å². The second-order valence-corrected chi connectivity index (χ2v) is 4.62. The number of allylic oxidation sites excluding steroid dienone is 2. The maximum absolute atomic E-state index is 11.3. The van der Waals surface area contributed by atoms with Gasteiger partial charge in [-0.2, -0.15) is 0 Å². The molecule has 0 radical (unpaired) electrons. The number of benzene rings is 1. The summed E-state index contributed by atoms with van der Waals surface area (Å²) in [6.45, 7) is 5.72. The summed E-state index contributed by atoms with van der Waals surface area (Å²) in [5.74, 6) is 1.58. The fourth-order valence-electron chi connectivity index (χ4n) is 2.27. The predicted octanol–water partition coefficient (Wildman–Crippen LogP) is 2.14. The second-order valence-electron chi connectivity index (χ2n) is 4.62. The van der Waals surface area contributed by atoms with E-state index in [0.717, 1.165) is 24.2 Å². The van der Waals surface area contributed by atoms with Crippen LogP contribution in [0, 0.1) is 0 Å². The number of carbonyl (C=O) groups excluding carboxylic acids is 1. The highest BCUT2D eigenvalue weighted by atomic mass is 16.5. The van der Waals surface area contributed by atoms with Crippen LogP contribution < -0.4 is 15.2 Å². The van der Waals surface area contributed by atoms with Gasteiger partial charge in [-0.15, -0.1) is 0 Å². The number of rotatable bonds is 5. The van der Waals surface area contributed by atoms with Gasteiger partial charge in [-0.3, -0.25) is 4.79 Å². The molecule has 0 saturated heterocycles. The Bertz CT molecular complexity index is 602. The van der Waals surface area contributed by atoms with Crippen molar-refractivity contribution in [1.82, 2.24) is 4.90 Å². The molecule has 112 valence electrons. The van der Waals surface area contributed by atoms with Crippen LogP contribution in [0.2, 0.25) is 0 Å². The second kappa shape index (κ2) is 6.35. The molecule has 0 aromatic heterocycles. The van der Waals surface area contributed by atoms with Crippen LogP contribution in [0.1, 0.15) is 19.4 Å². The lowest BCUT2D eigenvalue weighted by Crippen LogP contribution is -2.27. The number of ether oxygens (including phenoxy) is 2. The van der Waals surface area contributed by atoms with Crippen LogP contribution in [0.5, 0.6) is 11.5 Å². The predicted molar refractivity (Wildman–Crippen MR) is 81.8 cm³/mol. The lowest BCUT2D eigenvalue weighted by Gasteiger charge is -2.28. The van der Waals surface area contributed by atoms with Gasteiger partial charge in [0.2, 0.25) is 5.91 Å². The first-order chi connectivity index (χ1) is 10.1. The van der Waals surface area contributed by atoms with Crippen LogP contribution in [-0.4, -0.2) is 31.0 Å². The molecule has 5 nitrogen and oxygen atoms in total. The molecule has 0 aliphatic carbocycles. The van der Waals surface area contributed by atoms with E-state index in [-0.39, 0.29) is 0 Å². The molecule has 0 spiro atoms. The van der Waals surface area contributed by atoms with Gasteiger partial charge >= 0.3 is 0 Å². The van der Waals surface area contributed by atoms with Crippen LogP contribution in [-0.2, 0) is 4.79 Å². The molecule has 0 unspecified atom stereocenters. The maximum atomic E-state index is 11.3. The Labute approximate surface area is 124 Å². The zero-order valence-corrected chi connectivity index (χ0v) is 12.6. The van der Waals surface area contributed by atoms with E-state index >= 15 is 0 Å². The lowest BCUT2D eigenvalue weighted by atomic mass is 10.0.